The van der Waals surface area contributed by atoms with Crippen molar-refractivity contribution >= 4 is 17.4 Å². The predicted molar refractivity (Wildman–Crippen MR) is 59.8 cm³/mol. The Bertz CT molecular complexity index is 366. The minimum Gasteiger partial charge on any atom is -0.289 e. The van der Waals surface area contributed by atoms with Crippen molar-refractivity contribution in [1.82, 2.24) is 0 Å². The second kappa shape index (κ2) is 4.97. The van der Waals surface area contributed by atoms with Gasteiger partial charge in [-0.05, 0) is 31.1 Å². The number of allylic oxidation sites excluding steroid dienone is 2. The van der Waals surface area contributed by atoms with Gasteiger partial charge in [0.05, 0.1) is 5.02 Å². The topological polar surface area (TPSA) is 17.1 Å². The first kappa shape index (κ1) is 11.0. The van der Waals surface area contributed by atoms with Crippen molar-refractivity contribution in [3.8, 4) is 0 Å². The summed E-state index contributed by atoms with van der Waals surface area (Å²) in [6.45, 7) is 3.83. The lowest BCUT2D eigenvalue weighted by Crippen LogP contribution is -2.03. The Balaban J connectivity index is 3.07. The van der Waals surface area contributed by atoms with Crippen LogP contribution in [0.25, 0.3) is 0 Å². The van der Waals surface area contributed by atoms with Gasteiger partial charge in [0, 0.05) is 5.56 Å². The fraction of sp³-hybridized carbons (Fsp3) is 0.250. The van der Waals surface area contributed by atoms with Crippen LogP contribution in [0.5, 0.6) is 0 Å². The van der Waals surface area contributed by atoms with E-state index in [1.54, 1.807) is 12.1 Å². The highest BCUT2D eigenvalue weighted by Gasteiger charge is 2.12. The summed E-state index contributed by atoms with van der Waals surface area (Å²) in [4.78, 5) is 11.9. The SMILES string of the molecule is C/C=C(/CC)C(=O)c1ccccc1Cl. The van der Waals surface area contributed by atoms with Crippen LogP contribution in [-0.2, 0) is 0 Å². The van der Waals surface area contributed by atoms with Crippen molar-refractivity contribution in [2.75, 3.05) is 0 Å². The van der Waals surface area contributed by atoms with Crippen LogP contribution >= 0.6 is 11.6 Å². The summed E-state index contributed by atoms with van der Waals surface area (Å²) in [6, 6.07) is 7.13. The van der Waals surface area contributed by atoms with E-state index < -0.39 is 0 Å². The first-order chi connectivity index (χ1) is 6.70. The average molecular weight is 209 g/mol. The molecule has 0 heterocycles. The third-order valence-corrected chi connectivity index (χ3v) is 2.47. The van der Waals surface area contributed by atoms with Gasteiger partial charge in [0.15, 0.2) is 5.78 Å². The average Bonchev–Trinajstić information content (AvgIpc) is 2.20. The van der Waals surface area contributed by atoms with Crippen LogP contribution in [0.2, 0.25) is 5.02 Å². The van der Waals surface area contributed by atoms with Crippen molar-refractivity contribution in [2.45, 2.75) is 20.3 Å². The molecule has 0 fully saturated rings. The monoisotopic (exact) mass is 208 g/mol. The molecule has 0 radical (unpaired) electrons. The van der Waals surface area contributed by atoms with Gasteiger partial charge in [-0.3, -0.25) is 4.79 Å². The number of ketones is 1. The van der Waals surface area contributed by atoms with Crippen LogP contribution in [0.15, 0.2) is 35.9 Å². The minimum atomic E-state index is 0.0283. The zero-order valence-electron chi connectivity index (χ0n) is 8.38. The van der Waals surface area contributed by atoms with E-state index in [1.807, 2.05) is 32.1 Å². The lowest BCUT2D eigenvalue weighted by atomic mass is 10.0. The minimum absolute atomic E-state index is 0.0283. The van der Waals surface area contributed by atoms with Crippen molar-refractivity contribution < 1.29 is 4.79 Å². The molecule has 0 bridgehead atoms. The summed E-state index contributed by atoms with van der Waals surface area (Å²) < 4.78 is 0. The quantitative estimate of drug-likeness (QED) is 0.544. The molecule has 14 heavy (non-hydrogen) atoms. The van der Waals surface area contributed by atoms with Gasteiger partial charge in [-0.1, -0.05) is 36.7 Å². The molecule has 1 nitrogen and oxygen atoms in total. The molecule has 1 aromatic carbocycles. The summed E-state index contributed by atoms with van der Waals surface area (Å²) in [6.07, 6.45) is 2.58. The van der Waals surface area contributed by atoms with Crippen molar-refractivity contribution in [3.05, 3.63) is 46.5 Å². The third-order valence-electron chi connectivity index (χ3n) is 2.14. The number of hydrogen-bond donors (Lipinski definition) is 0. The molecule has 2 heteroatoms. The van der Waals surface area contributed by atoms with Crippen LogP contribution in [0.1, 0.15) is 30.6 Å². The maximum absolute atomic E-state index is 11.9. The Labute approximate surface area is 89.4 Å². The molecule has 0 aliphatic carbocycles. The molecule has 1 aromatic rings. The van der Waals surface area contributed by atoms with E-state index in [4.69, 9.17) is 11.6 Å². The zero-order valence-corrected chi connectivity index (χ0v) is 9.14. The number of carbonyl (C=O) groups is 1. The van der Waals surface area contributed by atoms with Crippen molar-refractivity contribution in [2.24, 2.45) is 0 Å². The summed E-state index contributed by atoms with van der Waals surface area (Å²) in [7, 11) is 0. The number of benzene rings is 1. The first-order valence-corrected chi connectivity index (χ1v) is 5.03. The lowest BCUT2D eigenvalue weighted by molar-refractivity contribution is 0.103. The number of hydrogen-bond acceptors (Lipinski definition) is 1. The molecule has 0 spiro atoms. The normalized spacial score (nSPS) is 11.5. The van der Waals surface area contributed by atoms with Gasteiger partial charge >= 0.3 is 0 Å². The molecule has 0 atom stereocenters. The molecule has 0 aromatic heterocycles. The van der Waals surface area contributed by atoms with E-state index >= 15 is 0 Å². The Morgan fingerprint density at radius 3 is 2.57 bits per heavy atom. The second-order valence-electron chi connectivity index (χ2n) is 2.98. The molecular weight excluding hydrogens is 196 g/mol. The number of carbonyl (C=O) groups excluding carboxylic acids is 1. The zero-order chi connectivity index (χ0) is 10.6. The maximum atomic E-state index is 11.9. The van der Waals surface area contributed by atoms with Gasteiger partial charge < -0.3 is 0 Å². The maximum Gasteiger partial charge on any atom is 0.190 e. The first-order valence-electron chi connectivity index (χ1n) is 4.65. The van der Waals surface area contributed by atoms with E-state index in [2.05, 4.69) is 0 Å². The summed E-state index contributed by atoms with van der Waals surface area (Å²) >= 11 is 5.93. The van der Waals surface area contributed by atoms with E-state index in [-0.39, 0.29) is 5.78 Å². The van der Waals surface area contributed by atoms with Gasteiger partial charge in [0.25, 0.3) is 0 Å². The van der Waals surface area contributed by atoms with E-state index in [9.17, 15) is 4.79 Å². The van der Waals surface area contributed by atoms with Crippen LogP contribution < -0.4 is 0 Å². The fourth-order valence-electron chi connectivity index (χ4n) is 1.31. The van der Waals surface area contributed by atoms with Crippen molar-refractivity contribution in [3.63, 3.8) is 0 Å². The van der Waals surface area contributed by atoms with Gasteiger partial charge in [-0.2, -0.15) is 0 Å². The smallest absolute Gasteiger partial charge is 0.190 e. The number of rotatable bonds is 3. The molecular formula is C12H13ClO. The summed E-state index contributed by atoms with van der Waals surface area (Å²) in [5.41, 5.74) is 1.39. The van der Waals surface area contributed by atoms with Crippen LogP contribution in [-0.4, -0.2) is 5.78 Å². The summed E-state index contributed by atoms with van der Waals surface area (Å²) in [5.74, 6) is 0.0283. The lowest BCUT2D eigenvalue weighted by Gasteiger charge is -2.04. The highest BCUT2D eigenvalue weighted by Crippen LogP contribution is 2.19. The highest BCUT2D eigenvalue weighted by molar-refractivity contribution is 6.34. The van der Waals surface area contributed by atoms with E-state index in [0.29, 0.717) is 10.6 Å². The molecule has 0 unspecified atom stereocenters. The molecule has 0 saturated heterocycles. The predicted octanol–water partition coefficient (Wildman–Crippen LogP) is 3.88. The largest absolute Gasteiger partial charge is 0.289 e. The Morgan fingerprint density at radius 1 is 1.43 bits per heavy atom. The fourth-order valence-corrected chi connectivity index (χ4v) is 1.54. The standard InChI is InChI=1S/C12H13ClO/c1-3-9(4-2)12(14)10-7-5-6-8-11(10)13/h3,5-8H,4H2,1-2H3/b9-3-. The summed E-state index contributed by atoms with van der Waals surface area (Å²) in [5, 5.41) is 0.519. The number of Topliss-reactive ketones (excluding diaryl/α,β-unsaturated/α-hetero) is 1. The molecule has 0 amide bonds. The van der Waals surface area contributed by atoms with Gasteiger partial charge in [0.1, 0.15) is 0 Å². The Kier molecular flexibility index (Phi) is 3.90. The van der Waals surface area contributed by atoms with E-state index in [1.165, 1.54) is 0 Å². The molecule has 0 N–H and O–H groups in total. The van der Waals surface area contributed by atoms with Gasteiger partial charge in [-0.25, -0.2) is 0 Å². The highest BCUT2D eigenvalue weighted by atomic mass is 35.5. The Hall–Kier alpha value is -1.08. The van der Waals surface area contributed by atoms with Crippen LogP contribution in [0, 0.1) is 0 Å². The molecule has 0 saturated carbocycles. The van der Waals surface area contributed by atoms with Crippen LogP contribution in [0.3, 0.4) is 0 Å². The second-order valence-corrected chi connectivity index (χ2v) is 3.38. The molecule has 0 aliphatic heterocycles. The van der Waals surface area contributed by atoms with Gasteiger partial charge in [0.2, 0.25) is 0 Å². The number of halogens is 1. The van der Waals surface area contributed by atoms with Crippen LogP contribution in [0.4, 0.5) is 0 Å². The Morgan fingerprint density at radius 2 is 2.07 bits per heavy atom. The molecule has 1 rings (SSSR count). The molecule has 0 aliphatic rings. The van der Waals surface area contributed by atoms with Gasteiger partial charge in [-0.15, -0.1) is 0 Å². The third kappa shape index (κ3) is 2.24. The van der Waals surface area contributed by atoms with Crippen molar-refractivity contribution in [1.29, 1.82) is 0 Å². The van der Waals surface area contributed by atoms with E-state index in [0.717, 1.165) is 12.0 Å². The molecule has 74 valence electrons.